The zero-order chi connectivity index (χ0) is 15.7. The minimum Gasteiger partial charge on any atom is -0.372 e. The predicted octanol–water partition coefficient (Wildman–Crippen LogP) is 2.07. The number of ether oxygens (including phenoxy) is 1. The van der Waals surface area contributed by atoms with E-state index in [1.807, 2.05) is 25.7 Å². The van der Waals surface area contributed by atoms with Gasteiger partial charge in [-0.15, -0.1) is 0 Å². The van der Waals surface area contributed by atoms with E-state index in [1.54, 1.807) is 0 Å². The summed E-state index contributed by atoms with van der Waals surface area (Å²) in [6.45, 7) is 9.37. The Morgan fingerprint density at radius 3 is 2.50 bits per heavy atom. The molecule has 4 heteroatoms. The van der Waals surface area contributed by atoms with Crippen LogP contribution >= 0.6 is 0 Å². The van der Waals surface area contributed by atoms with Gasteiger partial charge in [0.05, 0.1) is 18.2 Å². The lowest BCUT2D eigenvalue weighted by molar-refractivity contribution is -0.148. The summed E-state index contributed by atoms with van der Waals surface area (Å²) in [5, 5.41) is 0. The minimum absolute atomic E-state index is 0.0640. The Morgan fingerprint density at radius 2 is 1.82 bits per heavy atom. The van der Waals surface area contributed by atoms with Gasteiger partial charge in [0.1, 0.15) is 0 Å². The first-order chi connectivity index (χ1) is 10.5. The highest BCUT2D eigenvalue weighted by Gasteiger charge is 2.32. The van der Waals surface area contributed by atoms with Crippen molar-refractivity contribution in [2.75, 3.05) is 19.6 Å². The highest BCUT2D eigenvalue weighted by Crippen LogP contribution is 2.22. The number of fused-ring (bicyclic) bond motifs is 1. The zero-order valence-corrected chi connectivity index (χ0v) is 13.8. The fourth-order valence-electron chi connectivity index (χ4n) is 3.63. The predicted molar refractivity (Wildman–Crippen MR) is 86.6 cm³/mol. The molecule has 1 saturated heterocycles. The van der Waals surface area contributed by atoms with Gasteiger partial charge >= 0.3 is 0 Å². The monoisotopic (exact) mass is 302 g/mol. The first-order valence-corrected chi connectivity index (χ1v) is 8.29. The molecule has 120 valence electrons. The maximum absolute atomic E-state index is 12.8. The molecule has 0 bridgehead atoms. The van der Waals surface area contributed by atoms with E-state index in [2.05, 4.69) is 29.2 Å². The van der Waals surface area contributed by atoms with Crippen LogP contribution < -0.4 is 0 Å². The second-order valence-corrected chi connectivity index (χ2v) is 6.67. The Balaban J connectivity index is 1.66. The number of carbonyl (C=O) groups excluding carboxylic acids is 1. The Morgan fingerprint density at radius 1 is 1.18 bits per heavy atom. The van der Waals surface area contributed by atoms with Crippen molar-refractivity contribution >= 4 is 5.91 Å². The molecule has 4 nitrogen and oxygen atoms in total. The molecule has 0 unspecified atom stereocenters. The Bertz CT molecular complexity index is 536. The maximum atomic E-state index is 12.8. The summed E-state index contributed by atoms with van der Waals surface area (Å²) in [6.07, 6.45) is 1.29. The van der Waals surface area contributed by atoms with Crippen LogP contribution in [0.1, 0.15) is 31.9 Å². The van der Waals surface area contributed by atoms with E-state index in [1.165, 1.54) is 11.1 Å². The topological polar surface area (TPSA) is 32.8 Å². The van der Waals surface area contributed by atoms with Crippen molar-refractivity contribution in [1.82, 2.24) is 9.80 Å². The number of hydrogen-bond donors (Lipinski definition) is 0. The molecule has 2 aliphatic rings. The van der Waals surface area contributed by atoms with Crippen molar-refractivity contribution in [2.45, 2.75) is 52.0 Å². The van der Waals surface area contributed by atoms with Gasteiger partial charge in [0.15, 0.2) is 0 Å². The highest BCUT2D eigenvalue weighted by molar-refractivity contribution is 5.81. The van der Waals surface area contributed by atoms with Gasteiger partial charge in [-0.25, -0.2) is 0 Å². The number of rotatable bonds is 2. The molecule has 1 fully saturated rings. The van der Waals surface area contributed by atoms with Crippen molar-refractivity contribution in [3.05, 3.63) is 35.4 Å². The van der Waals surface area contributed by atoms with Gasteiger partial charge in [-0.05, 0) is 38.3 Å². The summed E-state index contributed by atoms with van der Waals surface area (Å²) in [6, 6.07) is 8.49. The van der Waals surface area contributed by atoms with E-state index in [9.17, 15) is 4.79 Å². The molecule has 0 aromatic heterocycles. The molecule has 0 aliphatic carbocycles. The summed E-state index contributed by atoms with van der Waals surface area (Å²) >= 11 is 0. The van der Waals surface area contributed by atoms with Gasteiger partial charge in [-0.3, -0.25) is 9.69 Å². The third-order valence-corrected chi connectivity index (χ3v) is 4.80. The van der Waals surface area contributed by atoms with Gasteiger partial charge in [0.2, 0.25) is 5.91 Å². The molecule has 0 N–H and O–H groups in total. The Kier molecular flexibility index (Phi) is 4.50. The van der Waals surface area contributed by atoms with E-state index in [0.29, 0.717) is 13.1 Å². The lowest BCUT2D eigenvalue weighted by Gasteiger charge is -2.40. The molecule has 1 aromatic rings. The lowest BCUT2D eigenvalue weighted by Crippen LogP contribution is -2.54. The van der Waals surface area contributed by atoms with E-state index in [4.69, 9.17) is 4.74 Å². The smallest absolute Gasteiger partial charge is 0.239 e. The molecule has 3 rings (SSSR count). The fraction of sp³-hybridized carbons (Fsp3) is 0.611. The van der Waals surface area contributed by atoms with Gasteiger partial charge < -0.3 is 9.64 Å². The van der Waals surface area contributed by atoms with E-state index in [0.717, 1.165) is 19.5 Å². The van der Waals surface area contributed by atoms with Gasteiger partial charge in [0, 0.05) is 26.2 Å². The van der Waals surface area contributed by atoms with Crippen LogP contribution in [0.5, 0.6) is 0 Å². The number of benzene rings is 1. The number of hydrogen-bond acceptors (Lipinski definition) is 3. The summed E-state index contributed by atoms with van der Waals surface area (Å²) in [4.78, 5) is 17.1. The molecule has 0 radical (unpaired) electrons. The van der Waals surface area contributed by atoms with Crippen LogP contribution in [-0.4, -0.2) is 53.6 Å². The second-order valence-electron chi connectivity index (χ2n) is 6.67. The van der Waals surface area contributed by atoms with Crippen molar-refractivity contribution in [2.24, 2.45) is 0 Å². The largest absolute Gasteiger partial charge is 0.372 e. The average molecular weight is 302 g/mol. The number of carbonyl (C=O) groups is 1. The average Bonchev–Trinajstić information content (AvgIpc) is 2.52. The summed E-state index contributed by atoms with van der Waals surface area (Å²) in [5.41, 5.74) is 2.78. The van der Waals surface area contributed by atoms with Crippen molar-refractivity contribution in [3.8, 4) is 0 Å². The van der Waals surface area contributed by atoms with E-state index < -0.39 is 0 Å². The molecular weight excluding hydrogens is 276 g/mol. The molecule has 1 amide bonds. The second kappa shape index (κ2) is 6.39. The van der Waals surface area contributed by atoms with Gasteiger partial charge in [-0.2, -0.15) is 0 Å². The first-order valence-electron chi connectivity index (χ1n) is 8.29. The Labute approximate surface area is 133 Å². The molecule has 1 aromatic carbocycles. The zero-order valence-electron chi connectivity index (χ0n) is 13.8. The summed E-state index contributed by atoms with van der Waals surface area (Å²) in [5.74, 6) is 0.237. The van der Waals surface area contributed by atoms with E-state index >= 15 is 0 Å². The van der Waals surface area contributed by atoms with Crippen LogP contribution in [0.3, 0.4) is 0 Å². The van der Waals surface area contributed by atoms with Crippen LogP contribution in [0.15, 0.2) is 24.3 Å². The van der Waals surface area contributed by atoms with Crippen molar-refractivity contribution < 1.29 is 9.53 Å². The first kappa shape index (κ1) is 15.5. The molecular formula is C18H26N2O2. The van der Waals surface area contributed by atoms with Crippen LogP contribution in [0.25, 0.3) is 0 Å². The minimum atomic E-state index is -0.0640. The SMILES string of the molecule is C[C@@H]1CN(C(=O)[C@@H](C)N2CCc3ccccc3C2)C[C@H](C)O1. The summed E-state index contributed by atoms with van der Waals surface area (Å²) < 4.78 is 5.73. The van der Waals surface area contributed by atoms with E-state index in [-0.39, 0.29) is 24.2 Å². The van der Waals surface area contributed by atoms with Crippen LogP contribution in [0.4, 0.5) is 0 Å². The quantitative estimate of drug-likeness (QED) is 0.838. The molecule has 2 heterocycles. The standard InChI is InChI=1S/C18H26N2O2/c1-13-10-20(11-14(2)22-13)18(21)15(3)19-9-8-16-6-4-5-7-17(16)12-19/h4-7,13-15H,8-12H2,1-3H3/t13-,14+,15-/m1/s1. The van der Waals surface area contributed by atoms with Crippen LogP contribution in [0.2, 0.25) is 0 Å². The number of amides is 1. The number of nitrogens with zero attached hydrogens (tertiary/aromatic N) is 2. The molecule has 2 aliphatic heterocycles. The molecule has 3 atom stereocenters. The maximum Gasteiger partial charge on any atom is 0.239 e. The highest BCUT2D eigenvalue weighted by atomic mass is 16.5. The normalized spacial score (nSPS) is 27.3. The third kappa shape index (κ3) is 3.18. The van der Waals surface area contributed by atoms with Crippen molar-refractivity contribution in [3.63, 3.8) is 0 Å². The van der Waals surface area contributed by atoms with Crippen LogP contribution in [0, 0.1) is 0 Å². The lowest BCUT2D eigenvalue weighted by atomic mass is 9.98. The van der Waals surface area contributed by atoms with Gasteiger partial charge in [0.25, 0.3) is 0 Å². The molecule has 0 spiro atoms. The molecule has 0 saturated carbocycles. The molecule has 22 heavy (non-hydrogen) atoms. The Hall–Kier alpha value is -1.39. The third-order valence-electron chi connectivity index (χ3n) is 4.80. The van der Waals surface area contributed by atoms with Crippen LogP contribution in [-0.2, 0) is 22.5 Å². The number of morpholine rings is 1. The van der Waals surface area contributed by atoms with Crippen molar-refractivity contribution in [1.29, 1.82) is 0 Å². The summed E-state index contributed by atoms with van der Waals surface area (Å²) in [7, 11) is 0. The fourth-order valence-corrected chi connectivity index (χ4v) is 3.63. The van der Waals surface area contributed by atoms with Gasteiger partial charge in [-0.1, -0.05) is 24.3 Å².